The number of halogens is 6. The van der Waals surface area contributed by atoms with Crippen LogP contribution in [0, 0.1) is 12.7 Å². The zero-order valence-corrected chi connectivity index (χ0v) is 24.6. The van der Waals surface area contributed by atoms with E-state index in [1.807, 2.05) is 0 Å². The molecule has 3 aromatic rings. The van der Waals surface area contributed by atoms with E-state index in [-0.39, 0.29) is 54.2 Å². The molecule has 0 aliphatic carbocycles. The van der Waals surface area contributed by atoms with E-state index in [2.05, 4.69) is 14.5 Å². The number of hydrogen-bond acceptors (Lipinski definition) is 8. The number of carbonyl (C=O) groups is 1. The Morgan fingerprint density at radius 1 is 1.18 bits per heavy atom. The molecule has 10 nitrogen and oxygen atoms in total. The van der Waals surface area contributed by atoms with Gasteiger partial charge in [0, 0.05) is 43.6 Å². The van der Waals surface area contributed by atoms with Crippen LogP contribution >= 0.6 is 0 Å². The highest BCUT2D eigenvalue weighted by molar-refractivity contribution is 7.88. The second kappa shape index (κ2) is 11.6. The number of piperidine rings is 1. The number of nitrogens with one attached hydrogen (secondary N) is 1. The monoisotopic (exact) mass is 650 g/mol. The molecule has 0 unspecified atom stereocenters. The number of fused-ring (bicyclic) bond motifs is 1. The first-order chi connectivity index (χ1) is 20.3. The van der Waals surface area contributed by atoms with Gasteiger partial charge in [-0.15, -0.1) is 0 Å². The SMILES string of the molecule is CC(=O)N1CCC(O)(c2cc3c(N[C@H](C)c4cccc(C(F)F)c4F)nc(C)c(OS(=O)(=O)C(F)(F)F)c3n(C)c2=O)CC1. The summed E-state index contributed by atoms with van der Waals surface area (Å²) >= 11 is 0. The van der Waals surface area contributed by atoms with E-state index in [4.69, 9.17) is 0 Å². The van der Waals surface area contributed by atoms with Crippen molar-refractivity contribution in [2.45, 2.75) is 57.2 Å². The molecule has 3 heterocycles. The molecular weight excluding hydrogens is 622 g/mol. The third-order valence-electron chi connectivity index (χ3n) is 7.62. The largest absolute Gasteiger partial charge is 0.534 e. The fraction of sp³-hybridized carbons (Fsp3) is 0.444. The third-order valence-corrected chi connectivity index (χ3v) is 8.57. The van der Waals surface area contributed by atoms with Gasteiger partial charge in [0.25, 0.3) is 12.0 Å². The number of amides is 1. The Bertz CT molecular complexity index is 1790. The first kappa shape index (κ1) is 33.0. The fourth-order valence-corrected chi connectivity index (χ4v) is 5.67. The van der Waals surface area contributed by atoms with E-state index >= 15 is 0 Å². The summed E-state index contributed by atoms with van der Waals surface area (Å²) in [6.07, 6.45) is -3.28. The van der Waals surface area contributed by atoms with Crippen LogP contribution in [-0.4, -0.2) is 52.5 Å². The number of alkyl halides is 5. The van der Waals surface area contributed by atoms with E-state index in [1.165, 1.54) is 30.9 Å². The molecule has 2 N–H and O–H groups in total. The average Bonchev–Trinajstić information content (AvgIpc) is 2.91. The van der Waals surface area contributed by atoms with Gasteiger partial charge in [-0.3, -0.25) is 9.59 Å². The van der Waals surface area contributed by atoms with Gasteiger partial charge in [0.15, 0.2) is 5.75 Å². The Labute approximate surface area is 247 Å². The number of pyridine rings is 2. The van der Waals surface area contributed by atoms with Crippen molar-refractivity contribution >= 4 is 32.7 Å². The van der Waals surface area contributed by atoms with E-state index in [9.17, 15) is 49.5 Å². The van der Waals surface area contributed by atoms with Crippen molar-refractivity contribution in [2.24, 2.45) is 7.05 Å². The van der Waals surface area contributed by atoms with Crippen molar-refractivity contribution < 1.29 is 48.8 Å². The number of benzene rings is 1. The minimum Gasteiger partial charge on any atom is -0.385 e. The van der Waals surface area contributed by atoms with Crippen molar-refractivity contribution in [1.29, 1.82) is 0 Å². The standard InChI is InChI=1S/C27H28F6N4O6S/c1-13(16-6-5-7-17(20(16)28)23(29)30)34-24-18-12-19(26(40)8-10-37(11-9-26)15(3)38)25(39)36(4)21(18)22(14(2)35-24)43-44(41,42)27(31,32)33/h5-7,12-13,23,40H,8-11H2,1-4H3,(H,34,35)/t13-/m1/s1. The lowest BCUT2D eigenvalue weighted by Crippen LogP contribution is -2.47. The van der Waals surface area contributed by atoms with Gasteiger partial charge in [0.2, 0.25) is 5.91 Å². The maximum absolute atomic E-state index is 15.0. The molecule has 4 rings (SSSR count). The number of nitrogens with zero attached hydrogens (tertiary/aromatic N) is 3. The van der Waals surface area contributed by atoms with Gasteiger partial charge >= 0.3 is 15.6 Å². The van der Waals surface area contributed by atoms with Crippen LogP contribution in [0.5, 0.6) is 5.75 Å². The number of anilines is 1. The number of aliphatic hydroxyl groups is 1. The topological polar surface area (TPSA) is 131 Å². The molecule has 1 aromatic carbocycles. The summed E-state index contributed by atoms with van der Waals surface area (Å²) in [7, 11) is -5.11. The molecule has 1 saturated heterocycles. The van der Waals surface area contributed by atoms with Gasteiger partial charge in [0.1, 0.15) is 17.2 Å². The van der Waals surface area contributed by atoms with Gasteiger partial charge in [-0.2, -0.15) is 21.6 Å². The van der Waals surface area contributed by atoms with Crippen LogP contribution in [0.25, 0.3) is 10.9 Å². The number of carbonyl (C=O) groups excluding carboxylic acids is 1. The number of likely N-dealkylation sites (tertiary alicyclic amines) is 1. The quantitative estimate of drug-likeness (QED) is 0.217. The number of hydrogen-bond donors (Lipinski definition) is 2. The average molecular weight is 651 g/mol. The Morgan fingerprint density at radius 2 is 1.77 bits per heavy atom. The molecule has 0 saturated carbocycles. The highest BCUT2D eigenvalue weighted by atomic mass is 32.2. The van der Waals surface area contributed by atoms with Gasteiger partial charge in [0.05, 0.1) is 22.9 Å². The van der Waals surface area contributed by atoms with Crippen molar-refractivity contribution in [3.05, 3.63) is 62.8 Å². The van der Waals surface area contributed by atoms with Gasteiger partial charge in [-0.05, 0) is 32.8 Å². The molecule has 0 spiro atoms. The predicted molar refractivity (Wildman–Crippen MR) is 146 cm³/mol. The van der Waals surface area contributed by atoms with Crippen molar-refractivity contribution in [1.82, 2.24) is 14.5 Å². The van der Waals surface area contributed by atoms with Gasteiger partial charge < -0.3 is 24.1 Å². The summed E-state index contributed by atoms with van der Waals surface area (Å²) in [6, 6.07) is 3.37. The molecule has 1 aliphatic heterocycles. The summed E-state index contributed by atoms with van der Waals surface area (Å²) in [5, 5.41) is 14.1. The minimum absolute atomic E-state index is 0.0801. The van der Waals surface area contributed by atoms with Crippen LogP contribution in [-0.2, 0) is 27.6 Å². The normalized spacial score (nSPS) is 16.3. The van der Waals surface area contributed by atoms with Crippen LogP contribution in [0.4, 0.5) is 32.2 Å². The van der Waals surface area contributed by atoms with Crippen molar-refractivity contribution in [2.75, 3.05) is 18.4 Å². The van der Waals surface area contributed by atoms with Gasteiger partial charge in [-0.25, -0.2) is 18.2 Å². The smallest absolute Gasteiger partial charge is 0.385 e. The van der Waals surface area contributed by atoms with Crippen LogP contribution in [0.3, 0.4) is 0 Å². The summed E-state index contributed by atoms with van der Waals surface area (Å²) in [4.78, 5) is 31.0. The van der Waals surface area contributed by atoms with Crippen LogP contribution in [0.2, 0.25) is 0 Å². The van der Waals surface area contributed by atoms with E-state index in [0.717, 1.165) is 30.7 Å². The molecule has 1 aliphatic rings. The minimum atomic E-state index is -6.23. The fourth-order valence-electron chi connectivity index (χ4n) is 5.16. The van der Waals surface area contributed by atoms with E-state index < -0.39 is 67.6 Å². The summed E-state index contributed by atoms with van der Waals surface area (Å²) in [5.74, 6) is -2.59. The lowest BCUT2D eigenvalue weighted by molar-refractivity contribution is -0.133. The Hall–Kier alpha value is -3.86. The Kier molecular flexibility index (Phi) is 8.69. The highest BCUT2D eigenvalue weighted by Crippen LogP contribution is 2.40. The second-order valence-corrected chi connectivity index (χ2v) is 12.0. The molecule has 1 amide bonds. The first-order valence-corrected chi connectivity index (χ1v) is 14.6. The highest BCUT2D eigenvalue weighted by Gasteiger charge is 2.49. The maximum Gasteiger partial charge on any atom is 0.534 e. The summed E-state index contributed by atoms with van der Waals surface area (Å²) in [6.45, 7) is 4.00. The lowest BCUT2D eigenvalue weighted by Gasteiger charge is -2.38. The summed E-state index contributed by atoms with van der Waals surface area (Å²) in [5.41, 5.74) is -10.7. The van der Waals surface area contributed by atoms with Crippen LogP contribution < -0.4 is 15.1 Å². The Morgan fingerprint density at radius 3 is 2.32 bits per heavy atom. The molecule has 0 bridgehead atoms. The molecule has 0 radical (unpaired) electrons. The zero-order valence-electron chi connectivity index (χ0n) is 23.8. The van der Waals surface area contributed by atoms with Crippen LogP contribution in [0.15, 0.2) is 29.1 Å². The zero-order chi connectivity index (χ0) is 32.9. The van der Waals surface area contributed by atoms with Crippen molar-refractivity contribution in [3.63, 3.8) is 0 Å². The van der Waals surface area contributed by atoms with Crippen molar-refractivity contribution in [3.8, 4) is 5.75 Å². The number of aryl methyl sites for hydroxylation is 2. The van der Waals surface area contributed by atoms with Gasteiger partial charge in [-0.1, -0.05) is 18.2 Å². The molecule has 44 heavy (non-hydrogen) atoms. The number of rotatable bonds is 7. The molecule has 1 fully saturated rings. The Balaban J connectivity index is 1.95. The predicted octanol–water partition coefficient (Wildman–Crippen LogP) is 4.55. The molecular formula is C27H28F6N4O6S. The van der Waals surface area contributed by atoms with E-state index in [0.29, 0.717) is 0 Å². The third kappa shape index (κ3) is 5.94. The van der Waals surface area contributed by atoms with Crippen LogP contribution in [0.1, 0.15) is 61.5 Å². The summed E-state index contributed by atoms with van der Waals surface area (Å²) < 4.78 is 111. The first-order valence-electron chi connectivity index (χ1n) is 13.2. The molecule has 1 atom stereocenters. The molecule has 17 heteroatoms. The van der Waals surface area contributed by atoms with E-state index in [1.54, 1.807) is 0 Å². The number of aromatic nitrogens is 2. The second-order valence-electron chi connectivity index (χ2n) is 10.5. The maximum atomic E-state index is 15.0. The molecule has 2 aromatic heterocycles. The molecule has 240 valence electrons. The lowest BCUT2D eigenvalue weighted by atomic mass is 9.84.